The van der Waals surface area contributed by atoms with Crippen molar-refractivity contribution >= 4 is 33.4 Å². The van der Waals surface area contributed by atoms with E-state index in [0.29, 0.717) is 23.7 Å². The lowest BCUT2D eigenvalue weighted by atomic mass is 9.96. The van der Waals surface area contributed by atoms with Crippen LogP contribution in [0.5, 0.6) is 0 Å². The molecule has 180 valence electrons. The molecule has 2 aromatic heterocycles. The van der Waals surface area contributed by atoms with Gasteiger partial charge in [0.15, 0.2) is 0 Å². The number of hydrogen-bond acceptors (Lipinski definition) is 6. The summed E-state index contributed by atoms with van der Waals surface area (Å²) in [6, 6.07) is 11.6. The van der Waals surface area contributed by atoms with Crippen LogP contribution in [0.2, 0.25) is 0 Å². The summed E-state index contributed by atoms with van der Waals surface area (Å²) in [5.74, 6) is 0.857. The maximum absolute atomic E-state index is 13.3. The van der Waals surface area contributed by atoms with Crippen molar-refractivity contribution in [2.45, 2.75) is 38.5 Å². The van der Waals surface area contributed by atoms with Gasteiger partial charge in [0.25, 0.3) is 5.56 Å². The molecule has 0 radical (unpaired) electrons. The molecule has 2 aliphatic heterocycles. The lowest BCUT2D eigenvalue weighted by molar-refractivity contribution is -0.125. The van der Waals surface area contributed by atoms with Gasteiger partial charge >= 0.3 is 0 Å². The Labute approximate surface area is 204 Å². The number of carbonyl (C=O) groups is 1. The summed E-state index contributed by atoms with van der Waals surface area (Å²) >= 11 is 1.43. The Morgan fingerprint density at radius 1 is 1.03 bits per heavy atom. The minimum atomic E-state index is -0.0326. The van der Waals surface area contributed by atoms with Gasteiger partial charge in [0.1, 0.15) is 4.70 Å². The number of fused-ring (bicyclic) bond motifs is 1. The van der Waals surface area contributed by atoms with Crippen molar-refractivity contribution in [3.63, 3.8) is 0 Å². The molecule has 1 amide bonds. The monoisotopic (exact) mass is 479 g/mol. The molecule has 0 unspecified atom stereocenters. The molecule has 1 N–H and O–H groups in total. The summed E-state index contributed by atoms with van der Waals surface area (Å²) in [6.07, 6.45) is 6.51. The zero-order valence-electron chi connectivity index (χ0n) is 19.6. The van der Waals surface area contributed by atoms with E-state index in [1.165, 1.54) is 43.7 Å². The van der Waals surface area contributed by atoms with Gasteiger partial charge in [-0.05, 0) is 75.3 Å². The van der Waals surface area contributed by atoms with E-state index in [0.717, 1.165) is 43.6 Å². The first-order valence-corrected chi connectivity index (χ1v) is 13.4. The average molecular weight is 480 g/mol. The minimum absolute atomic E-state index is 0.0213. The predicted molar refractivity (Wildman–Crippen MR) is 138 cm³/mol. The van der Waals surface area contributed by atoms with E-state index in [1.807, 2.05) is 41.8 Å². The number of aromatic nitrogens is 2. The fraction of sp³-hybridized carbons (Fsp3) is 0.500. The molecule has 0 atom stereocenters. The van der Waals surface area contributed by atoms with E-state index in [1.54, 1.807) is 4.57 Å². The molecule has 2 fully saturated rings. The highest BCUT2D eigenvalue weighted by molar-refractivity contribution is 7.17. The highest BCUT2D eigenvalue weighted by Crippen LogP contribution is 2.26. The number of anilines is 1. The minimum Gasteiger partial charge on any atom is -0.356 e. The standard InChI is InChI=1S/C26H33N5O2S/c32-24(27-13-7-16-29-14-5-2-6-15-29)20-10-17-30(18-11-20)26-28-22-12-19-34-23(22)25(33)31(26)21-8-3-1-4-9-21/h1,3-4,8-9,12,19-20H,2,5-7,10-11,13-18H2,(H,27,32). The molecule has 0 saturated carbocycles. The first kappa shape index (κ1) is 23.1. The summed E-state index contributed by atoms with van der Waals surface area (Å²) in [5, 5.41) is 5.08. The van der Waals surface area contributed by atoms with Crippen molar-refractivity contribution in [3.8, 4) is 5.69 Å². The lowest BCUT2D eigenvalue weighted by Crippen LogP contribution is -2.43. The van der Waals surface area contributed by atoms with Gasteiger partial charge in [0, 0.05) is 25.6 Å². The van der Waals surface area contributed by atoms with Crippen molar-refractivity contribution in [2.24, 2.45) is 5.92 Å². The molecule has 0 bridgehead atoms. The van der Waals surface area contributed by atoms with Crippen LogP contribution >= 0.6 is 11.3 Å². The van der Waals surface area contributed by atoms with Crippen molar-refractivity contribution < 1.29 is 4.79 Å². The van der Waals surface area contributed by atoms with Gasteiger partial charge < -0.3 is 15.1 Å². The number of benzene rings is 1. The van der Waals surface area contributed by atoms with Crippen molar-refractivity contribution in [1.82, 2.24) is 19.8 Å². The Bertz CT molecular complexity index is 1160. The molecule has 3 aromatic rings. The number of piperidine rings is 2. The molecule has 4 heterocycles. The van der Waals surface area contributed by atoms with Crippen LogP contribution in [0.25, 0.3) is 15.9 Å². The highest BCUT2D eigenvalue weighted by atomic mass is 32.1. The second kappa shape index (κ2) is 10.7. The van der Waals surface area contributed by atoms with Crippen LogP contribution < -0.4 is 15.8 Å². The number of amides is 1. The van der Waals surface area contributed by atoms with Gasteiger partial charge in [-0.3, -0.25) is 9.59 Å². The summed E-state index contributed by atoms with van der Waals surface area (Å²) in [5.41, 5.74) is 1.53. The summed E-state index contributed by atoms with van der Waals surface area (Å²) < 4.78 is 2.39. The molecule has 0 spiro atoms. The van der Waals surface area contributed by atoms with Crippen LogP contribution in [-0.2, 0) is 4.79 Å². The molecule has 8 heteroatoms. The second-order valence-corrected chi connectivity index (χ2v) is 10.2. The molecule has 1 aromatic carbocycles. The number of carbonyl (C=O) groups excluding carboxylic acids is 1. The quantitative estimate of drug-likeness (QED) is 0.524. The average Bonchev–Trinajstić information content (AvgIpc) is 3.37. The van der Waals surface area contributed by atoms with Crippen molar-refractivity contribution in [1.29, 1.82) is 0 Å². The van der Waals surface area contributed by atoms with E-state index >= 15 is 0 Å². The summed E-state index contributed by atoms with van der Waals surface area (Å²) in [4.78, 5) is 35.6. The number of likely N-dealkylation sites (tertiary alicyclic amines) is 1. The number of rotatable bonds is 7. The molecule has 2 saturated heterocycles. The maximum Gasteiger partial charge on any atom is 0.277 e. The van der Waals surface area contributed by atoms with E-state index in [2.05, 4.69) is 15.1 Å². The summed E-state index contributed by atoms with van der Waals surface area (Å²) in [6.45, 7) is 5.64. The first-order chi connectivity index (χ1) is 16.7. The van der Waals surface area contributed by atoms with Crippen LogP contribution in [0.3, 0.4) is 0 Å². The molecular formula is C26H33N5O2S. The van der Waals surface area contributed by atoms with Crippen LogP contribution in [0.15, 0.2) is 46.6 Å². The second-order valence-electron chi connectivity index (χ2n) is 9.33. The number of thiophene rings is 1. The summed E-state index contributed by atoms with van der Waals surface area (Å²) in [7, 11) is 0. The zero-order chi connectivity index (χ0) is 23.3. The van der Waals surface area contributed by atoms with E-state index in [4.69, 9.17) is 4.98 Å². The smallest absolute Gasteiger partial charge is 0.277 e. The molecule has 7 nitrogen and oxygen atoms in total. The fourth-order valence-electron chi connectivity index (χ4n) is 5.11. The van der Waals surface area contributed by atoms with Crippen LogP contribution in [0.4, 0.5) is 5.95 Å². The normalized spacial score (nSPS) is 17.8. The van der Waals surface area contributed by atoms with Gasteiger partial charge in [-0.25, -0.2) is 9.55 Å². The lowest BCUT2D eigenvalue weighted by Gasteiger charge is -2.33. The van der Waals surface area contributed by atoms with Crippen molar-refractivity contribution in [2.75, 3.05) is 44.2 Å². The molecule has 2 aliphatic rings. The Morgan fingerprint density at radius 3 is 2.56 bits per heavy atom. The SMILES string of the molecule is O=C(NCCCN1CCCCC1)C1CCN(c2nc3ccsc3c(=O)n2-c2ccccc2)CC1. The number of nitrogens with one attached hydrogen (secondary N) is 1. The predicted octanol–water partition coefficient (Wildman–Crippen LogP) is 3.66. The van der Waals surface area contributed by atoms with Crippen LogP contribution in [0.1, 0.15) is 38.5 Å². The molecular weight excluding hydrogens is 446 g/mol. The Balaban J connectivity index is 1.22. The highest BCUT2D eigenvalue weighted by Gasteiger charge is 2.28. The first-order valence-electron chi connectivity index (χ1n) is 12.5. The third kappa shape index (κ3) is 5.03. The van der Waals surface area contributed by atoms with Gasteiger partial charge in [0.2, 0.25) is 11.9 Å². The van der Waals surface area contributed by atoms with Gasteiger partial charge in [-0.1, -0.05) is 24.6 Å². The maximum atomic E-state index is 13.3. The van der Waals surface area contributed by atoms with E-state index in [-0.39, 0.29) is 17.4 Å². The van der Waals surface area contributed by atoms with Crippen LogP contribution in [-0.4, -0.2) is 59.6 Å². The van der Waals surface area contributed by atoms with Crippen LogP contribution in [0, 0.1) is 5.92 Å². The Hall–Kier alpha value is -2.71. The number of nitrogens with zero attached hydrogens (tertiary/aromatic N) is 4. The number of para-hydroxylation sites is 1. The largest absolute Gasteiger partial charge is 0.356 e. The Kier molecular flexibility index (Phi) is 7.25. The topological polar surface area (TPSA) is 70.5 Å². The molecule has 34 heavy (non-hydrogen) atoms. The zero-order valence-corrected chi connectivity index (χ0v) is 20.4. The number of hydrogen-bond donors (Lipinski definition) is 1. The van der Waals surface area contributed by atoms with Gasteiger partial charge in [-0.15, -0.1) is 11.3 Å². The Morgan fingerprint density at radius 2 is 1.79 bits per heavy atom. The third-order valence-electron chi connectivity index (χ3n) is 7.02. The fourth-order valence-corrected chi connectivity index (χ4v) is 5.87. The molecule has 5 rings (SSSR count). The van der Waals surface area contributed by atoms with Crippen molar-refractivity contribution in [3.05, 3.63) is 52.1 Å². The van der Waals surface area contributed by atoms with E-state index in [9.17, 15) is 9.59 Å². The molecule has 0 aliphatic carbocycles. The van der Waals surface area contributed by atoms with E-state index < -0.39 is 0 Å². The van der Waals surface area contributed by atoms with Gasteiger partial charge in [0.05, 0.1) is 11.2 Å². The van der Waals surface area contributed by atoms with Gasteiger partial charge in [-0.2, -0.15) is 0 Å². The third-order valence-corrected chi connectivity index (χ3v) is 7.92.